The fourth-order valence-corrected chi connectivity index (χ4v) is 2.63. The van der Waals surface area contributed by atoms with Crippen molar-refractivity contribution in [3.8, 4) is 17.3 Å². The summed E-state index contributed by atoms with van der Waals surface area (Å²) in [6, 6.07) is 9.17. The van der Waals surface area contributed by atoms with Gasteiger partial charge < -0.3 is 14.3 Å². The first-order valence-corrected chi connectivity index (χ1v) is 7.41. The third-order valence-corrected chi connectivity index (χ3v) is 3.81. The molecule has 8 nitrogen and oxygen atoms in total. The lowest BCUT2D eigenvalue weighted by Crippen LogP contribution is -2.16. The van der Waals surface area contributed by atoms with E-state index in [2.05, 4.69) is 20.5 Å². The zero-order valence-corrected chi connectivity index (χ0v) is 13.1. The average molecular weight is 332 g/mol. The largest absolute Gasteiger partial charge is 0.472 e. The molecule has 3 heterocycles. The van der Waals surface area contributed by atoms with Gasteiger partial charge in [-0.05, 0) is 24.3 Å². The standard InChI is InChI=1S/C17H12N6O2/c1-23-8-12(7-18)19-16(23)17(24)20-11-2-3-14-13(6-11)15(22-21-14)10-4-5-25-9-10/h2-6,8-9H,1H3,(H,20,24)(H,21,22). The van der Waals surface area contributed by atoms with Crippen molar-refractivity contribution in [3.05, 3.63) is 54.5 Å². The van der Waals surface area contributed by atoms with Gasteiger partial charge in [0.1, 0.15) is 11.8 Å². The van der Waals surface area contributed by atoms with Crippen LogP contribution in [-0.2, 0) is 7.05 Å². The Morgan fingerprint density at radius 2 is 2.28 bits per heavy atom. The molecule has 0 radical (unpaired) electrons. The second-order valence-corrected chi connectivity index (χ2v) is 5.47. The van der Waals surface area contributed by atoms with Crippen molar-refractivity contribution in [2.24, 2.45) is 7.05 Å². The van der Waals surface area contributed by atoms with Crippen molar-refractivity contribution in [2.75, 3.05) is 5.32 Å². The molecular formula is C17H12N6O2. The van der Waals surface area contributed by atoms with Crippen LogP contribution in [0.2, 0.25) is 0 Å². The van der Waals surface area contributed by atoms with E-state index in [4.69, 9.17) is 9.68 Å². The van der Waals surface area contributed by atoms with E-state index >= 15 is 0 Å². The second-order valence-electron chi connectivity index (χ2n) is 5.47. The third kappa shape index (κ3) is 2.53. The molecule has 0 unspecified atom stereocenters. The number of furan rings is 1. The van der Waals surface area contributed by atoms with Crippen LogP contribution in [0, 0.1) is 11.3 Å². The fraction of sp³-hybridized carbons (Fsp3) is 0.0588. The molecule has 0 saturated heterocycles. The molecule has 0 saturated carbocycles. The highest BCUT2D eigenvalue weighted by atomic mass is 16.3. The van der Waals surface area contributed by atoms with E-state index in [1.54, 1.807) is 25.6 Å². The zero-order chi connectivity index (χ0) is 17.4. The second kappa shape index (κ2) is 5.65. The number of amides is 1. The van der Waals surface area contributed by atoms with Crippen LogP contribution in [0.1, 0.15) is 16.3 Å². The van der Waals surface area contributed by atoms with Crippen LogP contribution < -0.4 is 5.32 Å². The van der Waals surface area contributed by atoms with E-state index in [9.17, 15) is 4.79 Å². The number of hydrogen-bond donors (Lipinski definition) is 2. The number of hydrogen-bond acceptors (Lipinski definition) is 5. The molecule has 2 N–H and O–H groups in total. The van der Waals surface area contributed by atoms with Crippen LogP contribution >= 0.6 is 0 Å². The van der Waals surface area contributed by atoms with Crippen molar-refractivity contribution < 1.29 is 9.21 Å². The number of nitrogens with zero attached hydrogens (tertiary/aromatic N) is 4. The lowest BCUT2D eigenvalue weighted by molar-refractivity contribution is 0.101. The molecule has 25 heavy (non-hydrogen) atoms. The van der Waals surface area contributed by atoms with Gasteiger partial charge in [-0.3, -0.25) is 9.89 Å². The van der Waals surface area contributed by atoms with Gasteiger partial charge in [-0.2, -0.15) is 10.4 Å². The number of nitrogens with one attached hydrogen (secondary N) is 2. The average Bonchev–Trinajstić information content (AvgIpc) is 3.32. The predicted octanol–water partition coefficient (Wildman–Crippen LogP) is 2.68. The van der Waals surface area contributed by atoms with Crippen molar-refractivity contribution in [1.29, 1.82) is 5.26 Å². The van der Waals surface area contributed by atoms with Gasteiger partial charge in [-0.15, -0.1) is 0 Å². The number of carbonyl (C=O) groups is 1. The van der Waals surface area contributed by atoms with Gasteiger partial charge in [-0.25, -0.2) is 4.98 Å². The summed E-state index contributed by atoms with van der Waals surface area (Å²) < 4.78 is 6.62. The Balaban J connectivity index is 1.68. The molecular weight excluding hydrogens is 320 g/mol. The summed E-state index contributed by atoms with van der Waals surface area (Å²) in [6.45, 7) is 0. The summed E-state index contributed by atoms with van der Waals surface area (Å²) in [4.78, 5) is 16.4. The Bertz CT molecular complexity index is 1110. The van der Waals surface area contributed by atoms with Crippen molar-refractivity contribution in [1.82, 2.24) is 19.7 Å². The highest BCUT2D eigenvalue weighted by molar-refractivity contribution is 6.04. The van der Waals surface area contributed by atoms with Crippen molar-refractivity contribution >= 4 is 22.5 Å². The lowest BCUT2D eigenvalue weighted by atomic mass is 10.1. The fourth-order valence-electron chi connectivity index (χ4n) is 2.63. The van der Waals surface area contributed by atoms with E-state index < -0.39 is 5.91 Å². The van der Waals surface area contributed by atoms with Crippen molar-refractivity contribution in [3.63, 3.8) is 0 Å². The predicted molar refractivity (Wildman–Crippen MR) is 89.7 cm³/mol. The van der Waals surface area contributed by atoms with Gasteiger partial charge in [0, 0.05) is 29.9 Å². The van der Waals surface area contributed by atoms with Gasteiger partial charge in [0.2, 0.25) is 0 Å². The number of imidazole rings is 1. The number of aryl methyl sites for hydroxylation is 1. The van der Waals surface area contributed by atoms with E-state index in [1.165, 1.54) is 10.8 Å². The molecule has 122 valence electrons. The topological polar surface area (TPSA) is 113 Å². The number of aromatic nitrogens is 4. The normalized spacial score (nSPS) is 10.7. The zero-order valence-electron chi connectivity index (χ0n) is 13.1. The van der Waals surface area contributed by atoms with Crippen LogP contribution in [0.3, 0.4) is 0 Å². The lowest BCUT2D eigenvalue weighted by Gasteiger charge is -2.05. The first-order valence-electron chi connectivity index (χ1n) is 7.41. The van der Waals surface area contributed by atoms with E-state index in [1.807, 2.05) is 24.3 Å². The number of rotatable bonds is 3. The monoisotopic (exact) mass is 332 g/mol. The van der Waals surface area contributed by atoms with Crippen LogP contribution in [0.25, 0.3) is 22.2 Å². The summed E-state index contributed by atoms with van der Waals surface area (Å²) in [6.07, 6.45) is 4.69. The third-order valence-electron chi connectivity index (χ3n) is 3.81. The molecule has 0 fully saturated rings. The number of fused-ring (bicyclic) bond motifs is 1. The summed E-state index contributed by atoms with van der Waals surface area (Å²) in [5.41, 5.74) is 3.23. The molecule has 8 heteroatoms. The number of H-pyrrole nitrogens is 1. The van der Waals surface area contributed by atoms with Crippen LogP contribution in [0.15, 0.2) is 47.4 Å². The number of aromatic amines is 1. The van der Waals surface area contributed by atoms with E-state index in [-0.39, 0.29) is 11.5 Å². The summed E-state index contributed by atoms with van der Waals surface area (Å²) in [5.74, 6) is -0.226. The first kappa shape index (κ1) is 14.7. The summed E-state index contributed by atoms with van der Waals surface area (Å²) in [5, 5.41) is 19.8. The Morgan fingerprint density at radius 3 is 3.00 bits per heavy atom. The summed E-state index contributed by atoms with van der Waals surface area (Å²) >= 11 is 0. The minimum Gasteiger partial charge on any atom is -0.472 e. The Kier molecular flexibility index (Phi) is 3.32. The maximum atomic E-state index is 12.4. The number of nitriles is 1. The van der Waals surface area contributed by atoms with Crippen LogP contribution in [0.5, 0.6) is 0 Å². The van der Waals surface area contributed by atoms with E-state index in [0.29, 0.717) is 5.69 Å². The highest BCUT2D eigenvalue weighted by Gasteiger charge is 2.15. The van der Waals surface area contributed by atoms with Crippen LogP contribution in [-0.4, -0.2) is 25.7 Å². The maximum Gasteiger partial charge on any atom is 0.291 e. The van der Waals surface area contributed by atoms with Gasteiger partial charge in [-0.1, -0.05) is 0 Å². The molecule has 4 rings (SSSR count). The smallest absolute Gasteiger partial charge is 0.291 e. The molecule has 1 aromatic carbocycles. The van der Waals surface area contributed by atoms with Crippen LogP contribution in [0.4, 0.5) is 5.69 Å². The van der Waals surface area contributed by atoms with Gasteiger partial charge in [0.15, 0.2) is 11.5 Å². The molecule has 0 aliphatic heterocycles. The molecule has 0 bridgehead atoms. The van der Waals surface area contributed by atoms with Gasteiger partial charge >= 0.3 is 0 Å². The summed E-state index contributed by atoms with van der Waals surface area (Å²) in [7, 11) is 1.67. The van der Waals surface area contributed by atoms with Crippen molar-refractivity contribution in [2.45, 2.75) is 0 Å². The highest BCUT2D eigenvalue weighted by Crippen LogP contribution is 2.28. The first-order chi connectivity index (χ1) is 12.2. The number of carbonyl (C=O) groups excluding carboxylic acids is 1. The molecule has 0 atom stereocenters. The Hall–Kier alpha value is -3.86. The van der Waals surface area contributed by atoms with E-state index in [0.717, 1.165) is 22.2 Å². The number of benzene rings is 1. The molecule has 0 aliphatic rings. The maximum absolute atomic E-state index is 12.4. The molecule has 3 aromatic heterocycles. The molecule has 1 amide bonds. The minimum absolute atomic E-state index is 0.166. The SMILES string of the molecule is Cn1cc(C#N)nc1C(=O)Nc1ccc2[nH]nc(-c3ccoc3)c2c1. The minimum atomic E-state index is -0.392. The van der Waals surface area contributed by atoms with Gasteiger partial charge in [0.05, 0.1) is 18.0 Å². The molecule has 0 spiro atoms. The quantitative estimate of drug-likeness (QED) is 0.599. The number of anilines is 1. The Morgan fingerprint density at radius 1 is 1.40 bits per heavy atom. The Labute approximate surface area is 141 Å². The van der Waals surface area contributed by atoms with Gasteiger partial charge in [0.25, 0.3) is 5.91 Å². The molecule has 0 aliphatic carbocycles. The molecule has 4 aromatic rings.